The topological polar surface area (TPSA) is 168 Å². The molecule has 2 aromatic rings. The molecular weight excluding hydrogens is 552 g/mol. The summed E-state index contributed by atoms with van der Waals surface area (Å²) in [4.78, 5) is 45.5. The number of nitrogens with two attached hydrogens (primary N) is 1. The van der Waals surface area contributed by atoms with Crippen LogP contribution < -0.4 is 10.6 Å². The van der Waals surface area contributed by atoms with Crippen molar-refractivity contribution in [2.45, 2.75) is 43.9 Å². The number of rotatable bonds is 5. The van der Waals surface area contributed by atoms with E-state index in [2.05, 4.69) is 11.0 Å². The highest BCUT2D eigenvalue weighted by atomic mass is 16.3. The number of anilines is 1. The van der Waals surface area contributed by atoms with Gasteiger partial charge in [0.1, 0.15) is 22.8 Å². The predicted octanol–water partition coefficient (Wildman–Crippen LogP) is 1.78. The molecule has 43 heavy (non-hydrogen) atoms. The van der Waals surface area contributed by atoms with Crippen molar-refractivity contribution in [3.8, 4) is 5.75 Å². The van der Waals surface area contributed by atoms with Gasteiger partial charge in [-0.25, -0.2) is 0 Å². The van der Waals surface area contributed by atoms with Crippen molar-refractivity contribution in [1.82, 2.24) is 9.80 Å². The summed E-state index contributed by atoms with van der Waals surface area (Å²) in [6.07, 6.45) is 2.58. The molecule has 228 valence electrons. The number of carbonyl (C=O) groups excluding carboxylic acids is 3. The summed E-state index contributed by atoms with van der Waals surface area (Å²) >= 11 is 0. The number of aliphatic hydroxyl groups is 3. The van der Waals surface area contributed by atoms with Crippen molar-refractivity contribution in [2.24, 2.45) is 17.6 Å². The molecule has 3 aliphatic carbocycles. The van der Waals surface area contributed by atoms with E-state index in [9.17, 15) is 34.8 Å². The molecule has 2 fully saturated rings. The molecule has 4 atom stereocenters. The highest BCUT2D eigenvalue weighted by Crippen LogP contribution is 2.55. The van der Waals surface area contributed by atoms with Crippen LogP contribution in [0, 0.1) is 11.8 Å². The van der Waals surface area contributed by atoms with Gasteiger partial charge in [-0.05, 0) is 76.0 Å². The Morgan fingerprint density at radius 1 is 1.07 bits per heavy atom. The lowest BCUT2D eigenvalue weighted by Gasteiger charge is -2.50. The van der Waals surface area contributed by atoms with Crippen LogP contribution in [0.25, 0.3) is 16.5 Å². The molecule has 6 rings (SSSR count). The van der Waals surface area contributed by atoms with Crippen LogP contribution in [0.3, 0.4) is 0 Å². The van der Waals surface area contributed by atoms with Gasteiger partial charge in [-0.3, -0.25) is 24.2 Å². The Kier molecular flexibility index (Phi) is 6.83. The summed E-state index contributed by atoms with van der Waals surface area (Å²) in [6, 6.07) is 4.82. The van der Waals surface area contributed by atoms with Gasteiger partial charge in [0.05, 0.1) is 11.6 Å². The van der Waals surface area contributed by atoms with Crippen molar-refractivity contribution >= 4 is 39.7 Å². The number of aromatic hydroxyl groups is 1. The highest BCUT2D eigenvalue weighted by Gasteiger charge is 2.64. The number of primary amides is 1. The van der Waals surface area contributed by atoms with Crippen LogP contribution in [0.1, 0.15) is 36.0 Å². The molecule has 0 aromatic heterocycles. The van der Waals surface area contributed by atoms with E-state index in [1.165, 1.54) is 4.90 Å². The molecule has 0 radical (unpaired) electrons. The minimum atomic E-state index is -2.66. The average Bonchev–Trinajstić information content (AvgIpc) is 3.43. The fourth-order valence-electron chi connectivity index (χ4n) is 7.95. The molecule has 1 saturated carbocycles. The van der Waals surface area contributed by atoms with Crippen LogP contribution in [0.2, 0.25) is 0 Å². The summed E-state index contributed by atoms with van der Waals surface area (Å²) in [6.45, 7) is 2.75. The minimum Gasteiger partial charge on any atom is -0.508 e. The Balaban J connectivity index is 1.56. The summed E-state index contributed by atoms with van der Waals surface area (Å²) in [7, 11) is 6.92. The molecule has 1 aliphatic heterocycles. The maximum Gasteiger partial charge on any atom is 0.255 e. The number of aliphatic hydroxyl groups excluding tert-OH is 2. The zero-order valence-corrected chi connectivity index (χ0v) is 24.8. The lowest BCUT2D eigenvalue weighted by atomic mass is 9.57. The molecule has 1 heterocycles. The second-order valence-electron chi connectivity index (χ2n) is 12.8. The summed E-state index contributed by atoms with van der Waals surface area (Å²) in [5.74, 6) is -6.53. The maximum absolute atomic E-state index is 14.2. The second kappa shape index (κ2) is 10.1. The number of Topliss-reactive ketones (excluding diaryl/α,β-unsaturated/α-hetero) is 2. The number of fused-ring (bicyclic) bond motifs is 4. The van der Waals surface area contributed by atoms with Crippen molar-refractivity contribution in [2.75, 3.05) is 46.2 Å². The van der Waals surface area contributed by atoms with E-state index in [4.69, 9.17) is 5.73 Å². The van der Waals surface area contributed by atoms with E-state index in [-0.39, 0.29) is 29.7 Å². The predicted molar refractivity (Wildman–Crippen MR) is 161 cm³/mol. The summed E-state index contributed by atoms with van der Waals surface area (Å²) in [5.41, 5.74) is 4.33. The first-order chi connectivity index (χ1) is 20.3. The third kappa shape index (κ3) is 4.09. The monoisotopic (exact) mass is 590 g/mol. The normalized spacial score (nSPS) is 27.5. The van der Waals surface area contributed by atoms with E-state index in [1.54, 1.807) is 14.1 Å². The van der Waals surface area contributed by atoms with Crippen molar-refractivity contribution in [3.63, 3.8) is 0 Å². The van der Waals surface area contributed by atoms with E-state index in [0.29, 0.717) is 10.9 Å². The molecule has 4 aliphatic rings. The number of nitrogens with zero attached hydrogens (tertiary/aromatic N) is 3. The average molecular weight is 591 g/mol. The van der Waals surface area contributed by atoms with Crippen LogP contribution >= 0.6 is 0 Å². The maximum atomic E-state index is 14.2. The third-order valence-corrected chi connectivity index (χ3v) is 9.78. The number of benzene rings is 2. The van der Waals surface area contributed by atoms with Gasteiger partial charge in [0, 0.05) is 48.6 Å². The Bertz CT molecular complexity index is 1650. The first-order valence-corrected chi connectivity index (χ1v) is 14.6. The molecule has 2 aromatic carbocycles. The molecule has 11 nitrogen and oxygen atoms in total. The van der Waals surface area contributed by atoms with Crippen LogP contribution in [0.15, 0.2) is 35.1 Å². The number of likely N-dealkylation sites (N-methyl/N-ethyl adjacent to an activating group) is 1. The van der Waals surface area contributed by atoms with Crippen molar-refractivity contribution in [1.29, 1.82) is 0 Å². The van der Waals surface area contributed by atoms with Gasteiger partial charge in [0.15, 0.2) is 11.4 Å². The molecule has 0 unspecified atom stereocenters. The lowest BCUT2D eigenvalue weighted by molar-refractivity contribution is -0.153. The van der Waals surface area contributed by atoms with E-state index in [0.717, 1.165) is 49.1 Å². The first-order valence-electron chi connectivity index (χ1n) is 14.6. The highest BCUT2D eigenvalue weighted by molar-refractivity contribution is 6.24. The number of phenols is 1. The Morgan fingerprint density at radius 2 is 1.74 bits per heavy atom. The number of carbonyl (C=O) groups is 3. The van der Waals surface area contributed by atoms with Crippen LogP contribution in [0.4, 0.5) is 5.69 Å². The van der Waals surface area contributed by atoms with Gasteiger partial charge in [0.25, 0.3) is 5.91 Å². The zero-order chi connectivity index (χ0) is 31.1. The van der Waals surface area contributed by atoms with Gasteiger partial charge >= 0.3 is 0 Å². The molecule has 1 amide bonds. The summed E-state index contributed by atoms with van der Waals surface area (Å²) < 4.78 is 0. The SMILES string of the molecule is CN(C)c1c2c(c(O)c3cc(CN4CCCC4)ccc13)C(O)=C1C(=O)[C@]3(O)C(O)=C(C(N)=O)C(=O)[C@@H](N(C)C)[C@@H]3C[C@@H]1C2. The fourth-order valence-corrected chi connectivity index (χ4v) is 7.95. The van der Waals surface area contributed by atoms with E-state index >= 15 is 0 Å². The van der Waals surface area contributed by atoms with Crippen LogP contribution in [-0.4, -0.2) is 101 Å². The van der Waals surface area contributed by atoms with Crippen molar-refractivity contribution in [3.05, 3.63) is 51.8 Å². The number of likely N-dealkylation sites (tertiary alicyclic amines) is 1. The minimum absolute atomic E-state index is 0.0478. The summed E-state index contributed by atoms with van der Waals surface area (Å²) in [5, 5.41) is 47.7. The molecule has 1 saturated heterocycles. The van der Waals surface area contributed by atoms with Crippen LogP contribution in [0.5, 0.6) is 5.75 Å². The number of ketones is 2. The van der Waals surface area contributed by atoms with Gasteiger partial charge < -0.3 is 31.1 Å². The van der Waals surface area contributed by atoms with Gasteiger partial charge in [0.2, 0.25) is 5.78 Å². The second-order valence-corrected chi connectivity index (χ2v) is 12.8. The molecule has 6 N–H and O–H groups in total. The van der Waals surface area contributed by atoms with Gasteiger partial charge in [-0.15, -0.1) is 0 Å². The zero-order valence-electron chi connectivity index (χ0n) is 24.8. The lowest BCUT2D eigenvalue weighted by Crippen LogP contribution is -2.65. The van der Waals surface area contributed by atoms with E-state index in [1.807, 2.05) is 31.1 Å². The smallest absolute Gasteiger partial charge is 0.255 e. The number of hydrogen-bond acceptors (Lipinski definition) is 10. The van der Waals surface area contributed by atoms with Crippen LogP contribution in [-0.2, 0) is 27.3 Å². The number of phenolic OH excluding ortho intramolecular Hbond substituents is 1. The van der Waals surface area contributed by atoms with E-state index < -0.39 is 58.0 Å². The van der Waals surface area contributed by atoms with Gasteiger partial charge in [-0.1, -0.05) is 12.1 Å². The van der Waals surface area contributed by atoms with Gasteiger partial charge in [-0.2, -0.15) is 0 Å². The fraction of sp³-hybridized carbons (Fsp3) is 0.469. The third-order valence-electron chi connectivity index (χ3n) is 9.78. The standard InChI is InChI=1S/C32H38N4O7/c1-34(2)24-17-8-7-15(14-36-9-5-6-10-36)11-18(17)26(37)22-19(24)12-16-13-20-25(35(3)4)28(39)23(31(33)42)30(41)32(20,43)29(40)21(16)27(22)38/h7-8,11,16,20,25,37-38,41,43H,5-6,9-10,12-14H2,1-4H3,(H2,33,42)/t16-,20-,25-,32-/m0/s1. The number of hydrogen-bond donors (Lipinski definition) is 5. The Labute approximate surface area is 249 Å². The molecule has 0 bridgehead atoms. The number of amides is 1. The molecule has 0 spiro atoms. The Hall–Kier alpha value is -3.93. The quantitative estimate of drug-likeness (QED) is 0.324. The first kappa shape index (κ1) is 29.2. The largest absolute Gasteiger partial charge is 0.508 e. The van der Waals surface area contributed by atoms with Crippen molar-refractivity contribution < 1.29 is 34.8 Å². The Morgan fingerprint density at radius 3 is 2.35 bits per heavy atom. The molecular formula is C32H38N4O7. The molecule has 11 heteroatoms.